The Balaban J connectivity index is 1.76. The number of hydrogen-bond acceptors (Lipinski definition) is 3. The summed E-state index contributed by atoms with van der Waals surface area (Å²) in [6, 6.07) is 4.20. The van der Waals surface area contributed by atoms with Gasteiger partial charge in [-0.2, -0.15) is 0 Å². The van der Waals surface area contributed by atoms with E-state index in [9.17, 15) is 18.8 Å². The number of benzene rings is 1. The first-order valence-electron chi connectivity index (χ1n) is 8.66. The van der Waals surface area contributed by atoms with Crippen molar-refractivity contribution in [2.24, 2.45) is 0 Å². The third-order valence-corrected chi connectivity index (χ3v) is 5.05. The Morgan fingerprint density at radius 1 is 1.20 bits per heavy atom. The highest BCUT2D eigenvalue weighted by atomic mass is 19.1. The van der Waals surface area contributed by atoms with E-state index in [0.29, 0.717) is 12.8 Å². The summed E-state index contributed by atoms with van der Waals surface area (Å²) in [5, 5.41) is 5.25. The Hall–Kier alpha value is -2.44. The molecular weight excluding hydrogens is 325 g/mol. The van der Waals surface area contributed by atoms with Crippen LogP contribution in [0, 0.1) is 5.82 Å². The summed E-state index contributed by atoms with van der Waals surface area (Å²) in [5.41, 5.74) is -0.865. The number of para-hydroxylation sites is 1. The highest BCUT2D eigenvalue weighted by Gasteiger charge is 2.53. The SMILES string of the molecule is C[C@H](C(=O)Nc1ccccc1F)N1C(=O)NC2(CCCCCC2)C1=O. The van der Waals surface area contributed by atoms with Crippen LogP contribution in [0.5, 0.6) is 0 Å². The van der Waals surface area contributed by atoms with Gasteiger partial charge in [0.25, 0.3) is 5.91 Å². The van der Waals surface area contributed by atoms with Gasteiger partial charge in [0.2, 0.25) is 5.91 Å². The maximum absolute atomic E-state index is 13.7. The minimum Gasteiger partial charge on any atom is -0.323 e. The maximum atomic E-state index is 13.7. The van der Waals surface area contributed by atoms with Crippen LogP contribution in [0.15, 0.2) is 24.3 Å². The molecule has 25 heavy (non-hydrogen) atoms. The van der Waals surface area contributed by atoms with Crippen LogP contribution in [0.25, 0.3) is 0 Å². The van der Waals surface area contributed by atoms with Crippen LogP contribution in [-0.2, 0) is 9.59 Å². The molecule has 1 aromatic carbocycles. The second-order valence-electron chi connectivity index (χ2n) is 6.75. The Labute approximate surface area is 145 Å². The Morgan fingerprint density at radius 3 is 2.48 bits per heavy atom. The highest BCUT2D eigenvalue weighted by molar-refractivity contribution is 6.11. The van der Waals surface area contributed by atoms with E-state index in [1.807, 2.05) is 0 Å². The first kappa shape index (κ1) is 17.4. The van der Waals surface area contributed by atoms with Gasteiger partial charge in [-0.3, -0.25) is 9.59 Å². The molecule has 0 radical (unpaired) electrons. The molecule has 1 aliphatic heterocycles. The smallest absolute Gasteiger partial charge is 0.323 e. The first-order valence-corrected chi connectivity index (χ1v) is 8.66. The zero-order chi connectivity index (χ0) is 18.0. The number of carbonyl (C=O) groups is 3. The number of amides is 4. The number of rotatable bonds is 3. The lowest BCUT2D eigenvalue weighted by Gasteiger charge is -2.26. The zero-order valence-electron chi connectivity index (χ0n) is 14.2. The molecule has 134 valence electrons. The van der Waals surface area contributed by atoms with Crippen molar-refractivity contribution in [2.75, 3.05) is 5.32 Å². The highest BCUT2D eigenvalue weighted by Crippen LogP contribution is 2.33. The molecule has 1 spiro atoms. The Bertz CT molecular complexity index is 699. The average Bonchev–Trinajstić information content (AvgIpc) is 2.74. The summed E-state index contributed by atoms with van der Waals surface area (Å²) in [4.78, 5) is 38.7. The molecule has 0 unspecified atom stereocenters. The van der Waals surface area contributed by atoms with E-state index in [2.05, 4.69) is 10.6 Å². The van der Waals surface area contributed by atoms with Crippen molar-refractivity contribution in [3.8, 4) is 0 Å². The fourth-order valence-corrected chi connectivity index (χ4v) is 3.58. The minimum absolute atomic E-state index is 0.0237. The van der Waals surface area contributed by atoms with Gasteiger partial charge in [-0.05, 0) is 31.9 Å². The van der Waals surface area contributed by atoms with Crippen molar-refractivity contribution in [1.29, 1.82) is 0 Å². The third-order valence-electron chi connectivity index (χ3n) is 5.05. The summed E-state index contributed by atoms with van der Waals surface area (Å²) >= 11 is 0. The van der Waals surface area contributed by atoms with Crippen LogP contribution < -0.4 is 10.6 Å². The fourth-order valence-electron chi connectivity index (χ4n) is 3.58. The summed E-state index contributed by atoms with van der Waals surface area (Å²) in [6.07, 6.45) is 5.00. The number of hydrogen-bond donors (Lipinski definition) is 2. The van der Waals surface area contributed by atoms with E-state index in [4.69, 9.17) is 0 Å². The van der Waals surface area contributed by atoms with Crippen LogP contribution in [0.1, 0.15) is 45.4 Å². The monoisotopic (exact) mass is 347 g/mol. The number of nitrogens with one attached hydrogen (secondary N) is 2. The van der Waals surface area contributed by atoms with Crippen molar-refractivity contribution in [3.63, 3.8) is 0 Å². The molecular formula is C18H22FN3O3. The molecule has 1 saturated heterocycles. The first-order chi connectivity index (χ1) is 11.9. The lowest BCUT2D eigenvalue weighted by atomic mass is 9.90. The van der Waals surface area contributed by atoms with E-state index in [-0.39, 0.29) is 11.6 Å². The number of carbonyl (C=O) groups excluding carboxylic acids is 3. The van der Waals surface area contributed by atoms with Gasteiger partial charge in [-0.1, -0.05) is 37.8 Å². The van der Waals surface area contributed by atoms with Crippen LogP contribution in [0.4, 0.5) is 14.9 Å². The van der Waals surface area contributed by atoms with Crippen LogP contribution in [0.3, 0.4) is 0 Å². The van der Waals surface area contributed by atoms with Gasteiger partial charge in [-0.15, -0.1) is 0 Å². The number of urea groups is 1. The summed E-state index contributed by atoms with van der Waals surface area (Å²) < 4.78 is 13.7. The number of halogens is 1. The van der Waals surface area contributed by atoms with Crippen molar-refractivity contribution in [2.45, 2.75) is 57.0 Å². The largest absolute Gasteiger partial charge is 0.325 e. The molecule has 1 aromatic rings. The summed E-state index contributed by atoms with van der Waals surface area (Å²) in [5.74, 6) is -1.52. The number of anilines is 1. The van der Waals surface area contributed by atoms with E-state index in [0.717, 1.165) is 30.6 Å². The van der Waals surface area contributed by atoms with Crippen molar-refractivity contribution in [3.05, 3.63) is 30.1 Å². The number of imide groups is 1. The fraction of sp³-hybridized carbons (Fsp3) is 0.500. The van der Waals surface area contributed by atoms with Crippen LogP contribution in [-0.4, -0.2) is 34.3 Å². The molecule has 4 amide bonds. The predicted molar refractivity (Wildman–Crippen MR) is 90.3 cm³/mol. The molecule has 1 heterocycles. The summed E-state index contributed by atoms with van der Waals surface area (Å²) in [7, 11) is 0. The van der Waals surface area contributed by atoms with Crippen molar-refractivity contribution < 1.29 is 18.8 Å². The Kier molecular flexibility index (Phi) is 4.74. The van der Waals surface area contributed by atoms with Crippen LogP contribution in [0.2, 0.25) is 0 Å². The molecule has 1 atom stereocenters. The lowest BCUT2D eigenvalue weighted by molar-refractivity contribution is -0.136. The van der Waals surface area contributed by atoms with Gasteiger partial charge < -0.3 is 10.6 Å². The molecule has 1 saturated carbocycles. The topological polar surface area (TPSA) is 78.5 Å². The van der Waals surface area contributed by atoms with Gasteiger partial charge >= 0.3 is 6.03 Å². The maximum Gasteiger partial charge on any atom is 0.325 e. The third kappa shape index (κ3) is 3.23. The molecule has 1 aliphatic carbocycles. The molecule has 2 aliphatic rings. The van der Waals surface area contributed by atoms with E-state index >= 15 is 0 Å². The standard InChI is InChI=1S/C18H22FN3O3/c1-12(15(23)20-14-9-5-4-8-13(14)19)22-16(24)18(21-17(22)25)10-6-2-3-7-11-18/h4-5,8-9,12H,2-3,6-7,10-11H2,1H3,(H,20,23)(H,21,25)/t12-/m1/s1. The van der Waals surface area contributed by atoms with E-state index < -0.39 is 29.3 Å². The Morgan fingerprint density at radius 2 is 1.84 bits per heavy atom. The average molecular weight is 347 g/mol. The van der Waals surface area contributed by atoms with E-state index in [1.54, 1.807) is 6.07 Å². The molecule has 2 N–H and O–H groups in total. The molecule has 3 rings (SSSR count). The van der Waals surface area contributed by atoms with Gasteiger partial charge in [0.05, 0.1) is 5.69 Å². The molecule has 2 fully saturated rings. The normalized spacial score (nSPS) is 21.0. The van der Waals surface area contributed by atoms with E-state index in [1.165, 1.54) is 25.1 Å². The second-order valence-corrected chi connectivity index (χ2v) is 6.75. The molecule has 0 bridgehead atoms. The van der Waals surface area contributed by atoms with Crippen molar-refractivity contribution >= 4 is 23.5 Å². The van der Waals surface area contributed by atoms with Gasteiger partial charge in [0.1, 0.15) is 17.4 Å². The van der Waals surface area contributed by atoms with Gasteiger partial charge in [-0.25, -0.2) is 14.1 Å². The zero-order valence-corrected chi connectivity index (χ0v) is 14.2. The molecule has 7 heteroatoms. The van der Waals surface area contributed by atoms with Crippen LogP contribution >= 0.6 is 0 Å². The predicted octanol–water partition coefficient (Wildman–Crippen LogP) is 2.80. The number of nitrogens with zero attached hydrogens (tertiary/aromatic N) is 1. The lowest BCUT2D eigenvalue weighted by Crippen LogP contribution is -2.49. The van der Waals surface area contributed by atoms with Gasteiger partial charge in [0.15, 0.2) is 0 Å². The minimum atomic E-state index is -1.02. The molecule has 6 nitrogen and oxygen atoms in total. The summed E-state index contributed by atoms with van der Waals surface area (Å²) in [6.45, 7) is 1.48. The quantitative estimate of drug-likeness (QED) is 0.825. The van der Waals surface area contributed by atoms with Crippen molar-refractivity contribution in [1.82, 2.24) is 10.2 Å². The second kappa shape index (κ2) is 6.82. The molecule has 0 aromatic heterocycles. The van der Waals surface area contributed by atoms with Gasteiger partial charge in [0, 0.05) is 0 Å².